The number of thiophene rings is 1. The first-order valence-corrected chi connectivity index (χ1v) is 13.8. The van der Waals surface area contributed by atoms with Gasteiger partial charge in [-0.15, -0.1) is 11.3 Å². The molecule has 2 aromatic heterocycles. The number of aliphatic hydroxyl groups is 1. The maximum Gasteiger partial charge on any atom is 0.188 e. The van der Waals surface area contributed by atoms with E-state index >= 15 is 0 Å². The average Bonchev–Trinajstić information content (AvgIpc) is 3.29. The largest absolute Gasteiger partial charge is 0.493 e. The van der Waals surface area contributed by atoms with Crippen LogP contribution in [0.1, 0.15) is 36.4 Å². The van der Waals surface area contributed by atoms with Gasteiger partial charge in [0.15, 0.2) is 16.7 Å². The van der Waals surface area contributed by atoms with Gasteiger partial charge in [0.1, 0.15) is 0 Å². The number of thioether (sulfide) groups is 1. The second-order valence-corrected chi connectivity index (χ2v) is 11.3. The smallest absolute Gasteiger partial charge is 0.188 e. The van der Waals surface area contributed by atoms with Gasteiger partial charge < -0.3 is 14.6 Å². The summed E-state index contributed by atoms with van der Waals surface area (Å²) in [6.45, 7) is 7.54. The summed E-state index contributed by atoms with van der Waals surface area (Å²) in [5.41, 5.74) is 5.48. The van der Waals surface area contributed by atoms with Crippen molar-refractivity contribution in [3.05, 3.63) is 83.2 Å². The number of aryl methyl sites for hydroxylation is 2. The third kappa shape index (κ3) is 6.80. The van der Waals surface area contributed by atoms with Gasteiger partial charge in [-0.1, -0.05) is 48.2 Å². The minimum absolute atomic E-state index is 0.697. The average molecular weight is 533 g/mol. The zero-order valence-electron chi connectivity index (χ0n) is 22.0. The van der Waals surface area contributed by atoms with Crippen LogP contribution in [0.2, 0.25) is 0 Å². The highest BCUT2D eigenvalue weighted by atomic mass is 32.2. The molecule has 0 fully saturated rings. The summed E-state index contributed by atoms with van der Waals surface area (Å²) in [6.07, 6.45) is 3.82. The first-order chi connectivity index (χ1) is 17.7. The van der Waals surface area contributed by atoms with Crippen molar-refractivity contribution in [2.24, 2.45) is 0 Å². The molecule has 0 aliphatic carbocycles. The summed E-state index contributed by atoms with van der Waals surface area (Å²) in [6, 6.07) is 18.5. The van der Waals surface area contributed by atoms with Gasteiger partial charge in [-0.25, -0.2) is 9.97 Å². The van der Waals surface area contributed by atoms with Crippen LogP contribution in [0.3, 0.4) is 0 Å². The van der Waals surface area contributed by atoms with Crippen LogP contribution in [0, 0.1) is 13.8 Å². The predicted octanol–water partition coefficient (Wildman–Crippen LogP) is 7.58. The Morgan fingerprint density at radius 3 is 2.32 bits per heavy atom. The fourth-order valence-electron chi connectivity index (χ4n) is 3.94. The van der Waals surface area contributed by atoms with Crippen molar-refractivity contribution in [1.29, 1.82) is 0 Å². The van der Waals surface area contributed by atoms with Crippen molar-refractivity contribution < 1.29 is 14.6 Å². The molecule has 4 aromatic rings. The van der Waals surface area contributed by atoms with E-state index in [1.165, 1.54) is 10.4 Å². The van der Waals surface area contributed by atoms with Gasteiger partial charge in [0.2, 0.25) is 0 Å². The molecule has 0 radical (unpaired) electrons. The van der Waals surface area contributed by atoms with Crippen molar-refractivity contribution in [1.82, 2.24) is 9.97 Å². The van der Waals surface area contributed by atoms with Crippen LogP contribution in [0.5, 0.6) is 11.5 Å². The SMILES string of the molecule is COc1ccc(-c2cc(CSc3nc(C)cc(C)n3)c(-c3ccccc3C=CC(C)(C)O)s2)cc1OC. The van der Waals surface area contributed by atoms with Gasteiger partial charge in [-0.05, 0) is 80.3 Å². The number of nitrogens with zero attached hydrogens (tertiary/aromatic N) is 2. The molecule has 1 N–H and O–H groups in total. The molecule has 0 amide bonds. The van der Waals surface area contributed by atoms with E-state index in [-0.39, 0.29) is 0 Å². The van der Waals surface area contributed by atoms with Crippen LogP contribution >= 0.6 is 23.1 Å². The van der Waals surface area contributed by atoms with E-state index in [4.69, 9.17) is 9.47 Å². The minimum Gasteiger partial charge on any atom is -0.493 e. The van der Waals surface area contributed by atoms with Crippen LogP contribution in [0.25, 0.3) is 27.0 Å². The standard InChI is InChI=1S/C30H32N2O3S2/c1-19-15-20(2)32-29(31-19)36-18-23-17-27(22-11-12-25(34-5)26(16-22)35-6)37-28(23)24-10-8-7-9-21(24)13-14-30(3,4)33/h7-17,33H,18H2,1-6H3. The quantitative estimate of drug-likeness (QED) is 0.177. The zero-order valence-corrected chi connectivity index (χ0v) is 23.7. The lowest BCUT2D eigenvalue weighted by molar-refractivity contribution is 0.134. The van der Waals surface area contributed by atoms with Crippen LogP contribution in [-0.2, 0) is 5.75 Å². The third-order valence-corrected chi connectivity index (χ3v) is 7.83. The molecule has 37 heavy (non-hydrogen) atoms. The molecular weight excluding hydrogens is 500 g/mol. The molecule has 7 heteroatoms. The summed E-state index contributed by atoms with van der Waals surface area (Å²) in [7, 11) is 3.29. The number of methoxy groups -OCH3 is 2. The van der Waals surface area contributed by atoms with E-state index in [0.29, 0.717) is 11.5 Å². The number of hydrogen-bond donors (Lipinski definition) is 1. The number of rotatable bonds is 9. The van der Waals surface area contributed by atoms with Crippen molar-refractivity contribution in [2.45, 2.75) is 44.2 Å². The molecular formula is C30H32N2O3S2. The normalized spacial score (nSPS) is 11.8. The second kappa shape index (κ2) is 11.5. The Morgan fingerprint density at radius 1 is 0.946 bits per heavy atom. The molecule has 0 unspecified atom stereocenters. The van der Waals surface area contributed by atoms with Crippen LogP contribution < -0.4 is 9.47 Å². The maximum atomic E-state index is 10.3. The Kier molecular flexibility index (Phi) is 8.37. The van der Waals surface area contributed by atoms with Crippen molar-refractivity contribution in [3.63, 3.8) is 0 Å². The van der Waals surface area contributed by atoms with E-state index in [9.17, 15) is 5.11 Å². The lowest BCUT2D eigenvalue weighted by Gasteiger charge is -2.12. The van der Waals surface area contributed by atoms with E-state index < -0.39 is 5.60 Å². The highest BCUT2D eigenvalue weighted by molar-refractivity contribution is 7.98. The highest BCUT2D eigenvalue weighted by Crippen LogP contribution is 2.43. The molecule has 4 rings (SSSR count). The maximum absolute atomic E-state index is 10.3. The molecule has 0 spiro atoms. The third-order valence-electron chi connectivity index (χ3n) is 5.67. The monoisotopic (exact) mass is 532 g/mol. The fraction of sp³-hybridized carbons (Fsp3) is 0.267. The molecule has 192 valence electrons. The molecule has 0 atom stereocenters. The summed E-state index contributed by atoms with van der Waals surface area (Å²) in [4.78, 5) is 11.5. The van der Waals surface area contributed by atoms with Crippen LogP contribution in [-0.4, -0.2) is 34.9 Å². The van der Waals surface area contributed by atoms with Gasteiger partial charge >= 0.3 is 0 Å². The molecule has 0 saturated heterocycles. The van der Waals surface area contributed by atoms with Gasteiger partial charge in [-0.3, -0.25) is 0 Å². The van der Waals surface area contributed by atoms with E-state index in [0.717, 1.165) is 43.9 Å². The van der Waals surface area contributed by atoms with Crippen molar-refractivity contribution in [3.8, 4) is 32.4 Å². The van der Waals surface area contributed by atoms with Gasteiger partial charge in [0, 0.05) is 26.9 Å². The lowest BCUT2D eigenvalue weighted by atomic mass is 10.0. The van der Waals surface area contributed by atoms with E-state index in [2.05, 4.69) is 40.3 Å². The number of benzene rings is 2. The summed E-state index contributed by atoms with van der Waals surface area (Å²) in [5, 5.41) is 11.0. The Bertz CT molecular complexity index is 1400. The van der Waals surface area contributed by atoms with E-state index in [1.807, 2.05) is 50.3 Å². The molecule has 2 heterocycles. The molecule has 0 saturated carbocycles. The zero-order chi connectivity index (χ0) is 26.6. The lowest BCUT2D eigenvalue weighted by Crippen LogP contribution is -2.13. The topological polar surface area (TPSA) is 64.5 Å². The number of ether oxygens (including phenoxy) is 2. The molecule has 2 aromatic carbocycles. The van der Waals surface area contributed by atoms with Crippen LogP contribution in [0.15, 0.2) is 65.8 Å². The fourth-order valence-corrected chi connectivity index (χ4v) is 6.18. The van der Waals surface area contributed by atoms with Gasteiger partial charge in [-0.2, -0.15) is 0 Å². The minimum atomic E-state index is -0.896. The predicted molar refractivity (Wildman–Crippen MR) is 155 cm³/mol. The van der Waals surface area contributed by atoms with Gasteiger partial charge in [0.05, 0.1) is 19.8 Å². The molecule has 0 bridgehead atoms. The Labute approximate surface area is 227 Å². The summed E-state index contributed by atoms with van der Waals surface area (Å²) >= 11 is 3.38. The first kappa shape index (κ1) is 26.9. The second-order valence-electron chi connectivity index (χ2n) is 9.33. The molecule has 0 aliphatic rings. The number of hydrogen-bond acceptors (Lipinski definition) is 7. The Morgan fingerprint density at radius 2 is 1.65 bits per heavy atom. The summed E-state index contributed by atoms with van der Waals surface area (Å²) in [5.74, 6) is 2.13. The van der Waals surface area contributed by atoms with E-state index in [1.54, 1.807) is 51.2 Å². The number of aromatic nitrogens is 2. The Balaban J connectivity index is 1.79. The summed E-state index contributed by atoms with van der Waals surface area (Å²) < 4.78 is 11.0. The Hall–Kier alpha value is -3.13. The van der Waals surface area contributed by atoms with Crippen molar-refractivity contribution in [2.75, 3.05) is 14.2 Å². The van der Waals surface area contributed by atoms with Crippen LogP contribution in [0.4, 0.5) is 0 Å². The molecule has 5 nitrogen and oxygen atoms in total. The first-order valence-electron chi connectivity index (χ1n) is 12.0. The highest BCUT2D eigenvalue weighted by Gasteiger charge is 2.17. The molecule has 0 aliphatic heterocycles. The van der Waals surface area contributed by atoms with Gasteiger partial charge in [0.25, 0.3) is 0 Å². The van der Waals surface area contributed by atoms with Crippen molar-refractivity contribution >= 4 is 29.2 Å².